The second-order valence-electron chi connectivity index (χ2n) is 5.40. The van der Waals surface area contributed by atoms with Crippen LogP contribution in [0.25, 0.3) is 11.0 Å². The molecule has 0 amide bonds. The van der Waals surface area contributed by atoms with Gasteiger partial charge in [-0.3, -0.25) is 4.68 Å². The van der Waals surface area contributed by atoms with Crippen LogP contribution in [-0.4, -0.2) is 34.0 Å². The van der Waals surface area contributed by atoms with Crippen LogP contribution in [0.1, 0.15) is 32.7 Å². The Morgan fingerprint density at radius 1 is 1.50 bits per heavy atom. The number of nitrogens with one attached hydrogen (secondary N) is 1. The zero-order valence-corrected chi connectivity index (χ0v) is 13.4. The van der Waals surface area contributed by atoms with Gasteiger partial charge in [0.2, 0.25) is 0 Å². The molecule has 0 aliphatic carbocycles. The summed E-state index contributed by atoms with van der Waals surface area (Å²) < 4.78 is 8.47. The highest BCUT2D eigenvalue weighted by atomic mass is 79.9. The highest BCUT2D eigenvalue weighted by Gasteiger charge is 2.18. The number of hydrogen-bond acceptors (Lipinski definition) is 4. The molecule has 0 aromatic carbocycles. The van der Waals surface area contributed by atoms with E-state index < -0.39 is 0 Å². The lowest BCUT2D eigenvalue weighted by Crippen LogP contribution is -2.19. The van der Waals surface area contributed by atoms with Crippen LogP contribution in [0.4, 0.5) is 5.82 Å². The van der Waals surface area contributed by atoms with Crippen molar-refractivity contribution in [2.75, 3.05) is 18.5 Å². The average molecular weight is 339 g/mol. The number of hydrogen-bond donors (Lipinski definition) is 1. The van der Waals surface area contributed by atoms with E-state index in [0.717, 1.165) is 47.4 Å². The van der Waals surface area contributed by atoms with Gasteiger partial charge >= 0.3 is 0 Å². The van der Waals surface area contributed by atoms with Gasteiger partial charge in [0.15, 0.2) is 5.82 Å². The molecule has 1 atom stereocenters. The summed E-state index contributed by atoms with van der Waals surface area (Å²) in [5, 5.41) is 8.05. The van der Waals surface area contributed by atoms with E-state index in [0.29, 0.717) is 12.1 Å². The standard InChI is InChI=1S/C14H19BrN4O/c1-9(2)19-11-5-6-12(15)17-13(11)14(18-19)16-8-10-4-3-7-20-10/h5-6,9-10H,3-4,7-8H2,1-2H3,(H,16,18)/t10-/m0/s1. The van der Waals surface area contributed by atoms with E-state index in [2.05, 4.69) is 51.2 Å². The Morgan fingerprint density at radius 2 is 2.35 bits per heavy atom. The van der Waals surface area contributed by atoms with Crippen molar-refractivity contribution in [1.82, 2.24) is 14.8 Å². The molecule has 1 aliphatic heterocycles. The van der Waals surface area contributed by atoms with Crippen LogP contribution in [0.3, 0.4) is 0 Å². The molecule has 1 fully saturated rings. The molecule has 0 saturated carbocycles. The number of ether oxygens (including phenoxy) is 1. The van der Waals surface area contributed by atoms with Crippen LogP contribution >= 0.6 is 15.9 Å². The fourth-order valence-electron chi connectivity index (χ4n) is 2.52. The van der Waals surface area contributed by atoms with Crippen LogP contribution in [0, 0.1) is 0 Å². The first-order chi connectivity index (χ1) is 9.65. The molecule has 1 aliphatic rings. The van der Waals surface area contributed by atoms with Crippen LogP contribution in [0.15, 0.2) is 16.7 Å². The Bertz CT molecular complexity index is 604. The number of pyridine rings is 1. The number of rotatable bonds is 4. The quantitative estimate of drug-likeness (QED) is 0.868. The van der Waals surface area contributed by atoms with Crippen LogP contribution in [0.2, 0.25) is 0 Å². The Labute approximate surface area is 126 Å². The molecule has 1 N–H and O–H groups in total. The SMILES string of the molecule is CC(C)n1nc(NC[C@@H]2CCCO2)c2nc(Br)ccc21. The number of nitrogens with zero attached hydrogens (tertiary/aromatic N) is 3. The first-order valence-electron chi connectivity index (χ1n) is 7.05. The third-order valence-corrected chi connectivity index (χ3v) is 3.97. The third-order valence-electron chi connectivity index (χ3n) is 3.53. The Balaban J connectivity index is 1.90. The van der Waals surface area contributed by atoms with Gasteiger partial charge in [0, 0.05) is 19.2 Å². The Morgan fingerprint density at radius 3 is 3.05 bits per heavy atom. The van der Waals surface area contributed by atoms with E-state index in [1.54, 1.807) is 0 Å². The number of aromatic nitrogens is 3. The van der Waals surface area contributed by atoms with Crippen LogP contribution < -0.4 is 5.32 Å². The number of anilines is 1. The van der Waals surface area contributed by atoms with Gasteiger partial charge in [0.25, 0.3) is 0 Å². The Hall–Kier alpha value is -1.14. The minimum atomic E-state index is 0.293. The molecule has 2 aromatic heterocycles. The van der Waals surface area contributed by atoms with E-state index in [4.69, 9.17) is 4.74 Å². The summed E-state index contributed by atoms with van der Waals surface area (Å²) in [6.45, 7) is 5.91. The molecular formula is C14H19BrN4O. The lowest BCUT2D eigenvalue weighted by molar-refractivity contribution is 0.120. The first-order valence-corrected chi connectivity index (χ1v) is 7.84. The van der Waals surface area contributed by atoms with Gasteiger partial charge in [0.05, 0.1) is 11.6 Å². The first kappa shape index (κ1) is 13.8. The summed E-state index contributed by atoms with van der Waals surface area (Å²) in [7, 11) is 0. The van der Waals surface area contributed by atoms with Crippen molar-refractivity contribution in [1.29, 1.82) is 0 Å². The maximum atomic E-state index is 5.64. The molecule has 2 aromatic rings. The van der Waals surface area contributed by atoms with Gasteiger partial charge in [0.1, 0.15) is 10.1 Å². The topological polar surface area (TPSA) is 52.0 Å². The summed E-state index contributed by atoms with van der Waals surface area (Å²) in [5.41, 5.74) is 1.96. The predicted octanol–water partition coefficient (Wildman–Crippen LogP) is 3.37. The molecule has 0 unspecified atom stereocenters. The van der Waals surface area contributed by atoms with Crippen molar-refractivity contribution >= 4 is 32.8 Å². The van der Waals surface area contributed by atoms with Gasteiger partial charge in [-0.1, -0.05) is 0 Å². The smallest absolute Gasteiger partial charge is 0.174 e. The fraction of sp³-hybridized carbons (Fsp3) is 0.571. The minimum absolute atomic E-state index is 0.293. The summed E-state index contributed by atoms with van der Waals surface area (Å²) in [4.78, 5) is 4.55. The van der Waals surface area contributed by atoms with Gasteiger partial charge in [-0.25, -0.2) is 4.98 Å². The molecule has 3 rings (SSSR count). The van der Waals surface area contributed by atoms with E-state index in [-0.39, 0.29) is 0 Å². The fourth-order valence-corrected chi connectivity index (χ4v) is 2.83. The lowest BCUT2D eigenvalue weighted by atomic mass is 10.2. The van der Waals surface area contributed by atoms with Crippen molar-refractivity contribution in [2.45, 2.75) is 38.8 Å². The monoisotopic (exact) mass is 338 g/mol. The zero-order chi connectivity index (χ0) is 14.1. The maximum absolute atomic E-state index is 5.64. The van der Waals surface area contributed by atoms with E-state index in [9.17, 15) is 0 Å². The van der Waals surface area contributed by atoms with Crippen LogP contribution in [-0.2, 0) is 4.74 Å². The summed E-state index contributed by atoms with van der Waals surface area (Å²) >= 11 is 3.43. The lowest BCUT2D eigenvalue weighted by Gasteiger charge is -2.10. The minimum Gasteiger partial charge on any atom is -0.376 e. The molecule has 108 valence electrons. The third kappa shape index (κ3) is 2.67. The molecule has 0 radical (unpaired) electrons. The van der Waals surface area contributed by atoms with E-state index in [1.807, 2.05) is 10.7 Å². The highest BCUT2D eigenvalue weighted by Crippen LogP contribution is 2.26. The largest absolute Gasteiger partial charge is 0.376 e. The second kappa shape index (κ2) is 5.69. The van der Waals surface area contributed by atoms with Gasteiger partial charge in [-0.15, -0.1) is 0 Å². The van der Waals surface area contributed by atoms with Crippen molar-refractivity contribution < 1.29 is 4.74 Å². The van der Waals surface area contributed by atoms with Crippen molar-refractivity contribution in [3.63, 3.8) is 0 Å². The average Bonchev–Trinajstić information content (AvgIpc) is 3.03. The van der Waals surface area contributed by atoms with Gasteiger partial charge in [-0.05, 0) is 54.8 Å². The second-order valence-corrected chi connectivity index (χ2v) is 6.22. The van der Waals surface area contributed by atoms with Crippen LogP contribution in [0.5, 0.6) is 0 Å². The predicted molar refractivity (Wildman–Crippen MR) is 83.1 cm³/mol. The normalized spacial score (nSPS) is 19.1. The van der Waals surface area contributed by atoms with Crippen molar-refractivity contribution in [3.8, 4) is 0 Å². The van der Waals surface area contributed by atoms with Gasteiger partial charge in [-0.2, -0.15) is 5.10 Å². The summed E-state index contributed by atoms with van der Waals surface area (Å²) in [6, 6.07) is 4.31. The molecule has 1 saturated heterocycles. The summed E-state index contributed by atoms with van der Waals surface area (Å²) in [5.74, 6) is 0.838. The molecule has 0 spiro atoms. The molecule has 20 heavy (non-hydrogen) atoms. The molecule has 3 heterocycles. The Kier molecular flexibility index (Phi) is 3.94. The summed E-state index contributed by atoms with van der Waals surface area (Å²) in [6.07, 6.45) is 2.56. The molecule has 0 bridgehead atoms. The molecule has 5 nitrogen and oxygen atoms in total. The molecular weight excluding hydrogens is 320 g/mol. The number of fused-ring (bicyclic) bond motifs is 1. The van der Waals surface area contributed by atoms with Crippen molar-refractivity contribution in [2.24, 2.45) is 0 Å². The molecule has 6 heteroatoms. The van der Waals surface area contributed by atoms with Gasteiger partial charge < -0.3 is 10.1 Å². The zero-order valence-electron chi connectivity index (χ0n) is 11.8. The van der Waals surface area contributed by atoms with E-state index >= 15 is 0 Å². The maximum Gasteiger partial charge on any atom is 0.174 e. The van der Waals surface area contributed by atoms with Crippen molar-refractivity contribution in [3.05, 3.63) is 16.7 Å². The highest BCUT2D eigenvalue weighted by molar-refractivity contribution is 9.10. The van der Waals surface area contributed by atoms with E-state index in [1.165, 1.54) is 0 Å². The number of halogens is 1.